The predicted octanol–water partition coefficient (Wildman–Crippen LogP) is 3.39. The minimum Gasteiger partial charge on any atom is -0.319 e. The maximum absolute atomic E-state index is 13.5. The molecule has 0 aliphatic carbocycles. The minimum absolute atomic E-state index is 0.0774. The predicted molar refractivity (Wildman–Crippen MR) is 122 cm³/mol. The molecule has 2 saturated heterocycles. The molecule has 3 aliphatic heterocycles. The van der Waals surface area contributed by atoms with Crippen molar-refractivity contribution in [2.45, 2.75) is 64.7 Å². The van der Waals surface area contributed by atoms with Crippen molar-refractivity contribution in [1.82, 2.24) is 24.9 Å². The molecule has 4 heterocycles. The highest BCUT2D eigenvalue weighted by molar-refractivity contribution is 6.04. The summed E-state index contributed by atoms with van der Waals surface area (Å²) in [7, 11) is 0. The van der Waals surface area contributed by atoms with E-state index in [9.17, 15) is 9.59 Å². The molecule has 2 aromatic rings. The van der Waals surface area contributed by atoms with Gasteiger partial charge < -0.3 is 15.1 Å². The van der Waals surface area contributed by atoms with E-state index in [1.54, 1.807) is 0 Å². The number of aromatic nitrogens is 2. The number of carbonyl (C=O) groups is 2. The van der Waals surface area contributed by atoms with Crippen molar-refractivity contribution in [2.24, 2.45) is 0 Å². The van der Waals surface area contributed by atoms with Crippen molar-refractivity contribution in [3.8, 4) is 0 Å². The van der Waals surface area contributed by atoms with Gasteiger partial charge >= 0.3 is 6.03 Å². The van der Waals surface area contributed by atoms with Crippen molar-refractivity contribution in [3.05, 3.63) is 46.6 Å². The van der Waals surface area contributed by atoms with Gasteiger partial charge in [0.25, 0.3) is 5.91 Å². The number of nitrogens with zero attached hydrogens (tertiary/aromatic N) is 4. The fourth-order valence-electron chi connectivity index (χ4n) is 5.37. The Morgan fingerprint density at radius 1 is 1.16 bits per heavy atom. The van der Waals surface area contributed by atoms with Crippen LogP contribution < -0.4 is 5.32 Å². The lowest BCUT2D eigenvalue weighted by Gasteiger charge is -2.44. The Balaban J connectivity index is 1.29. The first-order valence-corrected chi connectivity index (χ1v) is 11.7. The molecule has 0 bridgehead atoms. The number of fused-ring (bicyclic) bond motifs is 2. The number of H-pyrrole nitrogens is 1. The number of aryl methyl sites for hydroxylation is 1. The SMILES string of the molecule is CCc1ccc(C(=O)Nc2n[nH]c3c2CN(C(=O)N2C[C@@H]4CCCN4C[C@@H]2C)C3C)cc1. The number of urea groups is 1. The van der Waals surface area contributed by atoms with Gasteiger partial charge in [-0.25, -0.2) is 4.79 Å². The molecule has 3 atom stereocenters. The lowest BCUT2D eigenvalue weighted by atomic mass is 10.1. The van der Waals surface area contributed by atoms with E-state index in [-0.39, 0.29) is 24.0 Å². The largest absolute Gasteiger partial charge is 0.321 e. The van der Waals surface area contributed by atoms with Gasteiger partial charge in [-0.1, -0.05) is 19.1 Å². The average Bonchev–Trinajstić information content (AvgIpc) is 3.50. The Labute approximate surface area is 188 Å². The number of nitrogens with one attached hydrogen (secondary N) is 2. The van der Waals surface area contributed by atoms with Crippen LogP contribution in [0.1, 0.15) is 66.8 Å². The molecule has 3 amide bonds. The maximum Gasteiger partial charge on any atom is 0.321 e. The van der Waals surface area contributed by atoms with Gasteiger partial charge in [-0.3, -0.25) is 14.8 Å². The van der Waals surface area contributed by atoms with Gasteiger partial charge in [0.1, 0.15) is 0 Å². The van der Waals surface area contributed by atoms with Gasteiger partial charge in [0.2, 0.25) is 0 Å². The summed E-state index contributed by atoms with van der Waals surface area (Å²) in [6.45, 7) is 9.60. The second-order valence-electron chi connectivity index (χ2n) is 9.35. The summed E-state index contributed by atoms with van der Waals surface area (Å²) in [4.78, 5) is 32.7. The standard InChI is InChI=1S/C24H32N6O2/c1-4-17-7-9-18(10-8-17)23(31)25-22-20-14-30(16(3)21(20)26-27-22)24(32)29-13-19-6-5-11-28(19)12-15(29)2/h7-10,15-16,19H,4-6,11-14H2,1-3H3,(H2,25,26,27,31)/t15-,16?,19-/m0/s1. The van der Waals surface area contributed by atoms with E-state index in [0.717, 1.165) is 37.3 Å². The fourth-order valence-corrected chi connectivity index (χ4v) is 5.37. The molecule has 170 valence electrons. The molecule has 5 rings (SSSR count). The molecule has 0 saturated carbocycles. The summed E-state index contributed by atoms with van der Waals surface area (Å²) in [5.74, 6) is 0.325. The monoisotopic (exact) mass is 436 g/mol. The van der Waals surface area contributed by atoms with Gasteiger partial charge in [-0.2, -0.15) is 5.10 Å². The molecule has 2 N–H and O–H groups in total. The highest BCUT2D eigenvalue weighted by atomic mass is 16.2. The van der Waals surface area contributed by atoms with E-state index >= 15 is 0 Å². The van der Waals surface area contributed by atoms with Crippen LogP contribution in [0.2, 0.25) is 0 Å². The van der Waals surface area contributed by atoms with Gasteiger partial charge in [-0.15, -0.1) is 0 Å². The highest BCUT2D eigenvalue weighted by Gasteiger charge is 2.42. The van der Waals surface area contributed by atoms with E-state index in [1.165, 1.54) is 18.4 Å². The number of amides is 3. The zero-order valence-corrected chi connectivity index (χ0v) is 19.1. The third-order valence-corrected chi connectivity index (χ3v) is 7.40. The second kappa shape index (κ2) is 8.24. The average molecular weight is 437 g/mol. The summed E-state index contributed by atoms with van der Waals surface area (Å²) in [6.07, 6.45) is 3.33. The van der Waals surface area contributed by atoms with E-state index in [0.29, 0.717) is 24.0 Å². The molecule has 3 aliphatic rings. The smallest absolute Gasteiger partial charge is 0.319 e. The van der Waals surface area contributed by atoms with Crippen molar-refractivity contribution >= 4 is 17.8 Å². The Kier molecular flexibility index (Phi) is 5.41. The maximum atomic E-state index is 13.5. The number of carbonyl (C=O) groups excluding carboxylic acids is 2. The van der Waals surface area contributed by atoms with Gasteiger partial charge in [0.15, 0.2) is 5.82 Å². The molecule has 1 aromatic heterocycles. The highest BCUT2D eigenvalue weighted by Crippen LogP contribution is 2.37. The number of aromatic amines is 1. The van der Waals surface area contributed by atoms with Crippen LogP contribution in [-0.4, -0.2) is 68.6 Å². The van der Waals surface area contributed by atoms with E-state index in [4.69, 9.17) is 0 Å². The van der Waals surface area contributed by atoms with Crippen LogP contribution in [0, 0.1) is 0 Å². The molecule has 1 aromatic carbocycles. The number of hydrogen-bond donors (Lipinski definition) is 2. The lowest BCUT2D eigenvalue weighted by Crippen LogP contribution is -2.59. The van der Waals surface area contributed by atoms with Crippen molar-refractivity contribution < 1.29 is 9.59 Å². The van der Waals surface area contributed by atoms with Crippen molar-refractivity contribution in [1.29, 1.82) is 0 Å². The number of rotatable bonds is 3. The van der Waals surface area contributed by atoms with Gasteiger partial charge in [-0.05, 0) is 57.4 Å². The number of benzene rings is 1. The van der Waals surface area contributed by atoms with Crippen LogP contribution in [-0.2, 0) is 13.0 Å². The van der Waals surface area contributed by atoms with Gasteiger partial charge in [0, 0.05) is 36.3 Å². The van der Waals surface area contributed by atoms with Crippen molar-refractivity contribution in [3.63, 3.8) is 0 Å². The van der Waals surface area contributed by atoms with Crippen LogP contribution in [0.4, 0.5) is 10.6 Å². The number of hydrogen-bond acceptors (Lipinski definition) is 4. The molecule has 1 unspecified atom stereocenters. The lowest BCUT2D eigenvalue weighted by molar-refractivity contribution is 0.0580. The first-order valence-electron chi connectivity index (χ1n) is 11.7. The Hall–Kier alpha value is -2.87. The molecular formula is C24H32N6O2. The summed E-state index contributed by atoms with van der Waals surface area (Å²) >= 11 is 0. The third-order valence-electron chi connectivity index (χ3n) is 7.40. The Bertz CT molecular complexity index is 1020. The number of piperazine rings is 1. The van der Waals surface area contributed by atoms with E-state index in [2.05, 4.69) is 34.3 Å². The first-order chi connectivity index (χ1) is 15.5. The Morgan fingerprint density at radius 3 is 2.69 bits per heavy atom. The first kappa shape index (κ1) is 21.0. The van der Waals surface area contributed by atoms with Crippen LogP contribution >= 0.6 is 0 Å². The van der Waals surface area contributed by atoms with E-state index < -0.39 is 0 Å². The third kappa shape index (κ3) is 3.56. The normalized spacial score (nSPS) is 25.0. The van der Waals surface area contributed by atoms with E-state index in [1.807, 2.05) is 41.0 Å². The van der Waals surface area contributed by atoms with Crippen LogP contribution in [0.5, 0.6) is 0 Å². The summed E-state index contributed by atoms with van der Waals surface area (Å²) in [5.41, 5.74) is 3.60. The molecule has 0 spiro atoms. The number of anilines is 1. The van der Waals surface area contributed by atoms with Crippen LogP contribution in [0.15, 0.2) is 24.3 Å². The topological polar surface area (TPSA) is 84.6 Å². The fraction of sp³-hybridized carbons (Fsp3) is 0.542. The summed E-state index contributed by atoms with van der Waals surface area (Å²) < 4.78 is 0. The molecule has 8 heteroatoms. The molecule has 2 fully saturated rings. The van der Waals surface area contributed by atoms with Crippen LogP contribution in [0.25, 0.3) is 0 Å². The molecule has 8 nitrogen and oxygen atoms in total. The van der Waals surface area contributed by atoms with Crippen LogP contribution in [0.3, 0.4) is 0 Å². The summed E-state index contributed by atoms with van der Waals surface area (Å²) in [5, 5.41) is 10.3. The van der Waals surface area contributed by atoms with Gasteiger partial charge in [0.05, 0.1) is 18.3 Å². The zero-order valence-electron chi connectivity index (χ0n) is 19.1. The second-order valence-corrected chi connectivity index (χ2v) is 9.35. The molecular weight excluding hydrogens is 404 g/mol. The quantitative estimate of drug-likeness (QED) is 0.773. The summed E-state index contributed by atoms with van der Waals surface area (Å²) in [6, 6.07) is 8.28. The molecule has 0 radical (unpaired) electrons. The minimum atomic E-state index is -0.189. The van der Waals surface area contributed by atoms with Crippen molar-refractivity contribution in [2.75, 3.05) is 25.0 Å². The molecule has 32 heavy (non-hydrogen) atoms. The zero-order chi connectivity index (χ0) is 22.4. The Morgan fingerprint density at radius 2 is 1.94 bits per heavy atom.